The Labute approximate surface area is 144 Å². The molecule has 3 rings (SSSR count). The molecule has 0 atom stereocenters. The van der Waals surface area contributed by atoms with Crippen molar-refractivity contribution in [3.05, 3.63) is 87.6 Å². The van der Waals surface area contributed by atoms with Crippen molar-refractivity contribution in [3.63, 3.8) is 0 Å². The van der Waals surface area contributed by atoms with Gasteiger partial charge in [0.15, 0.2) is 0 Å². The lowest BCUT2D eigenvalue weighted by Gasteiger charge is -2.18. The molecule has 0 fully saturated rings. The summed E-state index contributed by atoms with van der Waals surface area (Å²) < 4.78 is 0. The van der Waals surface area contributed by atoms with Gasteiger partial charge in [0, 0.05) is 12.3 Å². The monoisotopic (exact) mass is 335 g/mol. The highest BCUT2D eigenvalue weighted by molar-refractivity contribution is 5.58. The highest BCUT2D eigenvalue weighted by Gasteiger charge is 2.26. The first-order valence-corrected chi connectivity index (χ1v) is 7.72. The van der Waals surface area contributed by atoms with E-state index in [0.29, 0.717) is 6.42 Å². The first kappa shape index (κ1) is 16.4. The molecule has 0 unspecified atom stereocenters. The van der Waals surface area contributed by atoms with Gasteiger partial charge in [0.25, 0.3) is 0 Å². The SMILES string of the molecule is Nc1nc(N)c([N+](=O)[O-])c(CC(c2ccccc2)c2ccccc2)n1. The normalized spacial score (nSPS) is 10.8. The second-order valence-electron chi connectivity index (χ2n) is 5.60. The predicted octanol–water partition coefficient (Wildman–Crippen LogP) is 2.92. The van der Waals surface area contributed by atoms with Crippen molar-refractivity contribution in [2.45, 2.75) is 12.3 Å². The predicted molar refractivity (Wildman–Crippen MR) is 95.9 cm³/mol. The lowest BCUT2D eigenvalue weighted by Crippen LogP contribution is -2.13. The van der Waals surface area contributed by atoms with Gasteiger partial charge in [-0.1, -0.05) is 60.7 Å². The van der Waals surface area contributed by atoms with Crippen LogP contribution < -0.4 is 11.5 Å². The molecule has 126 valence electrons. The van der Waals surface area contributed by atoms with E-state index >= 15 is 0 Å². The van der Waals surface area contributed by atoms with Crippen molar-refractivity contribution in [1.82, 2.24) is 9.97 Å². The molecular formula is C18H17N5O2. The molecule has 0 spiro atoms. The maximum atomic E-state index is 11.4. The summed E-state index contributed by atoms with van der Waals surface area (Å²) in [6.45, 7) is 0. The average molecular weight is 335 g/mol. The molecule has 0 radical (unpaired) electrons. The van der Waals surface area contributed by atoms with E-state index in [4.69, 9.17) is 11.5 Å². The van der Waals surface area contributed by atoms with Crippen LogP contribution >= 0.6 is 0 Å². The fraction of sp³-hybridized carbons (Fsp3) is 0.111. The highest BCUT2D eigenvalue weighted by atomic mass is 16.6. The van der Waals surface area contributed by atoms with Crippen molar-refractivity contribution >= 4 is 17.5 Å². The Hall–Kier alpha value is -3.48. The maximum Gasteiger partial charge on any atom is 0.332 e. The minimum atomic E-state index is -0.558. The molecule has 7 heteroatoms. The Morgan fingerprint density at radius 2 is 1.44 bits per heavy atom. The molecule has 0 saturated carbocycles. The summed E-state index contributed by atoms with van der Waals surface area (Å²) >= 11 is 0. The number of nitrogens with zero attached hydrogens (tertiary/aromatic N) is 3. The molecule has 0 amide bonds. The topological polar surface area (TPSA) is 121 Å². The lowest BCUT2D eigenvalue weighted by molar-refractivity contribution is -0.385. The molecule has 1 heterocycles. The fourth-order valence-corrected chi connectivity index (χ4v) is 2.87. The van der Waals surface area contributed by atoms with Gasteiger partial charge in [-0.2, -0.15) is 4.98 Å². The van der Waals surface area contributed by atoms with Crippen LogP contribution in [0.25, 0.3) is 0 Å². The highest BCUT2D eigenvalue weighted by Crippen LogP contribution is 2.33. The molecule has 7 nitrogen and oxygen atoms in total. The number of anilines is 2. The zero-order valence-corrected chi connectivity index (χ0v) is 13.4. The number of benzene rings is 2. The summed E-state index contributed by atoms with van der Waals surface area (Å²) in [7, 11) is 0. The lowest BCUT2D eigenvalue weighted by atomic mass is 9.87. The van der Waals surface area contributed by atoms with E-state index in [1.54, 1.807) is 0 Å². The van der Waals surface area contributed by atoms with E-state index in [-0.39, 0.29) is 29.1 Å². The number of nitrogens with two attached hydrogens (primary N) is 2. The van der Waals surface area contributed by atoms with Crippen molar-refractivity contribution in [1.29, 1.82) is 0 Å². The van der Waals surface area contributed by atoms with E-state index < -0.39 is 4.92 Å². The third-order valence-electron chi connectivity index (χ3n) is 3.98. The standard InChI is InChI=1S/C18H17N5O2/c19-17-16(23(24)25)15(21-18(20)22-17)11-14(12-7-3-1-4-8-12)13-9-5-2-6-10-13/h1-10,14H,11H2,(H4,19,20,21,22). The van der Waals surface area contributed by atoms with Gasteiger partial charge >= 0.3 is 5.69 Å². The third kappa shape index (κ3) is 3.55. The van der Waals surface area contributed by atoms with Crippen molar-refractivity contribution in [2.24, 2.45) is 0 Å². The molecule has 0 aliphatic rings. The van der Waals surface area contributed by atoms with Gasteiger partial charge in [0.05, 0.1) is 4.92 Å². The number of nitro groups is 1. The molecule has 3 aromatic rings. The van der Waals surface area contributed by atoms with E-state index in [1.165, 1.54) is 0 Å². The molecule has 25 heavy (non-hydrogen) atoms. The van der Waals surface area contributed by atoms with Crippen LogP contribution in [0, 0.1) is 10.1 Å². The molecule has 1 aromatic heterocycles. The molecule has 4 N–H and O–H groups in total. The van der Waals surface area contributed by atoms with Crippen molar-refractivity contribution in [3.8, 4) is 0 Å². The van der Waals surface area contributed by atoms with Crippen molar-refractivity contribution < 1.29 is 4.92 Å². The van der Waals surface area contributed by atoms with Gasteiger partial charge < -0.3 is 11.5 Å². The Bertz CT molecular complexity index is 845. The number of nitrogen functional groups attached to an aromatic ring is 2. The van der Waals surface area contributed by atoms with Crippen LogP contribution in [0.3, 0.4) is 0 Å². The number of rotatable bonds is 5. The molecule has 0 bridgehead atoms. The Kier molecular flexibility index (Phi) is 4.56. The van der Waals surface area contributed by atoms with E-state index in [1.807, 2.05) is 60.7 Å². The second-order valence-corrected chi connectivity index (χ2v) is 5.60. The van der Waals surface area contributed by atoms with E-state index in [0.717, 1.165) is 11.1 Å². The van der Waals surface area contributed by atoms with Crippen molar-refractivity contribution in [2.75, 3.05) is 11.5 Å². The summed E-state index contributed by atoms with van der Waals surface area (Å²) in [6, 6.07) is 19.5. The van der Waals surface area contributed by atoms with Crippen LogP contribution in [-0.4, -0.2) is 14.9 Å². The molecule has 0 saturated heterocycles. The molecular weight excluding hydrogens is 318 g/mol. The van der Waals surface area contributed by atoms with Crippen LogP contribution in [0.2, 0.25) is 0 Å². The first-order valence-electron chi connectivity index (χ1n) is 7.72. The summed E-state index contributed by atoms with van der Waals surface area (Å²) in [5, 5.41) is 11.4. The van der Waals surface area contributed by atoms with Crippen LogP contribution in [0.4, 0.5) is 17.5 Å². The van der Waals surface area contributed by atoms with Crippen LogP contribution in [-0.2, 0) is 6.42 Å². The minimum absolute atomic E-state index is 0.0713. The number of hydrogen-bond acceptors (Lipinski definition) is 6. The van der Waals surface area contributed by atoms with Crippen LogP contribution in [0.5, 0.6) is 0 Å². The van der Waals surface area contributed by atoms with Gasteiger partial charge in [0.2, 0.25) is 11.8 Å². The van der Waals surface area contributed by atoms with Gasteiger partial charge in [0.1, 0.15) is 5.69 Å². The largest absolute Gasteiger partial charge is 0.378 e. The number of aromatic nitrogens is 2. The van der Waals surface area contributed by atoms with Gasteiger partial charge in [-0.15, -0.1) is 0 Å². The Morgan fingerprint density at radius 1 is 0.920 bits per heavy atom. The zero-order chi connectivity index (χ0) is 17.8. The van der Waals surface area contributed by atoms with E-state index in [2.05, 4.69) is 9.97 Å². The molecule has 2 aromatic carbocycles. The third-order valence-corrected chi connectivity index (χ3v) is 3.98. The van der Waals surface area contributed by atoms with Gasteiger partial charge in [-0.25, -0.2) is 4.98 Å². The quantitative estimate of drug-likeness (QED) is 0.546. The summed E-state index contributed by atoms with van der Waals surface area (Å²) in [6.07, 6.45) is 0.293. The Morgan fingerprint density at radius 3 is 1.92 bits per heavy atom. The Balaban J connectivity index is 2.10. The summed E-state index contributed by atoms with van der Waals surface area (Å²) in [5.41, 5.74) is 13.4. The van der Waals surface area contributed by atoms with Crippen LogP contribution in [0.15, 0.2) is 60.7 Å². The summed E-state index contributed by atoms with van der Waals surface area (Å²) in [4.78, 5) is 18.7. The minimum Gasteiger partial charge on any atom is -0.378 e. The maximum absolute atomic E-state index is 11.4. The smallest absolute Gasteiger partial charge is 0.332 e. The van der Waals surface area contributed by atoms with Crippen LogP contribution in [0.1, 0.15) is 22.7 Å². The summed E-state index contributed by atoms with van der Waals surface area (Å²) in [5.74, 6) is -0.403. The average Bonchev–Trinajstić information content (AvgIpc) is 2.60. The zero-order valence-electron chi connectivity index (χ0n) is 13.4. The van der Waals surface area contributed by atoms with E-state index in [9.17, 15) is 10.1 Å². The second kappa shape index (κ2) is 6.96. The van der Waals surface area contributed by atoms with Gasteiger partial charge in [-0.3, -0.25) is 10.1 Å². The first-order chi connectivity index (χ1) is 12.1. The molecule has 0 aliphatic carbocycles. The number of hydrogen-bond donors (Lipinski definition) is 2. The fourth-order valence-electron chi connectivity index (χ4n) is 2.87. The van der Waals surface area contributed by atoms with Gasteiger partial charge in [-0.05, 0) is 11.1 Å². The molecule has 0 aliphatic heterocycles.